The zero-order chi connectivity index (χ0) is 16.1. The average molecular weight is 334 g/mol. The average Bonchev–Trinajstić information content (AvgIpc) is 3.22. The van der Waals surface area contributed by atoms with Crippen LogP contribution in [0, 0.1) is 5.92 Å². The van der Waals surface area contributed by atoms with Crippen molar-refractivity contribution in [2.45, 2.75) is 44.7 Å². The molecule has 1 amide bonds. The molecule has 2 unspecified atom stereocenters. The van der Waals surface area contributed by atoms with E-state index >= 15 is 0 Å². The SMILES string of the molecule is CNC(=O)[C@@H]1CCC(n2cnc3c4c(c(Cl)nc32)CC(C)N4)C1. The predicted molar refractivity (Wildman–Crippen MR) is 89.8 cm³/mol. The summed E-state index contributed by atoms with van der Waals surface area (Å²) in [5.41, 5.74) is 3.79. The maximum Gasteiger partial charge on any atom is 0.222 e. The van der Waals surface area contributed by atoms with Crippen LogP contribution in [0.5, 0.6) is 0 Å². The quantitative estimate of drug-likeness (QED) is 0.828. The third kappa shape index (κ3) is 2.27. The number of hydrogen-bond donors (Lipinski definition) is 2. The minimum Gasteiger partial charge on any atom is -0.380 e. The molecule has 2 aromatic rings. The number of anilines is 1. The van der Waals surface area contributed by atoms with E-state index in [1.165, 1.54) is 0 Å². The summed E-state index contributed by atoms with van der Waals surface area (Å²) in [4.78, 5) is 21.0. The Hall–Kier alpha value is -1.82. The number of rotatable bonds is 2. The fourth-order valence-electron chi connectivity index (χ4n) is 3.91. The number of halogens is 1. The highest BCUT2D eigenvalue weighted by molar-refractivity contribution is 6.31. The molecule has 3 heterocycles. The second-order valence-electron chi connectivity index (χ2n) is 6.61. The Kier molecular flexibility index (Phi) is 3.44. The Balaban J connectivity index is 1.72. The molecule has 0 aromatic carbocycles. The maximum atomic E-state index is 11.9. The van der Waals surface area contributed by atoms with Gasteiger partial charge in [-0.2, -0.15) is 0 Å². The Labute approximate surface area is 139 Å². The molecule has 7 heteroatoms. The number of amides is 1. The number of carbonyl (C=O) groups excluding carboxylic acids is 1. The molecule has 6 nitrogen and oxygen atoms in total. The van der Waals surface area contributed by atoms with Gasteiger partial charge in [0.15, 0.2) is 5.65 Å². The first-order valence-corrected chi connectivity index (χ1v) is 8.49. The van der Waals surface area contributed by atoms with Crippen LogP contribution in [0.1, 0.15) is 37.8 Å². The highest BCUT2D eigenvalue weighted by Crippen LogP contribution is 2.40. The van der Waals surface area contributed by atoms with Crippen molar-refractivity contribution in [3.63, 3.8) is 0 Å². The summed E-state index contributed by atoms with van der Waals surface area (Å²) < 4.78 is 2.09. The van der Waals surface area contributed by atoms with E-state index in [2.05, 4.69) is 32.1 Å². The minimum absolute atomic E-state index is 0.0745. The van der Waals surface area contributed by atoms with Crippen LogP contribution in [-0.2, 0) is 11.2 Å². The summed E-state index contributed by atoms with van der Waals surface area (Å²) in [6, 6.07) is 0.604. The third-order valence-electron chi connectivity index (χ3n) is 5.08. The number of pyridine rings is 1. The van der Waals surface area contributed by atoms with Gasteiger partial charge in [0.2, 0.25) is 5.91 Å². The molecule has 1 aliphatic heterocycles. The van der Waals surface area contributed by atoms with Gasteiger partial charge in [-0.1, -0.05) is 11.6 Å². The molecule has 0 spiro atoms. The van der Waals surface area contributed by atoms with Crippen molar-refractivity contribution in [3.05, 3.63) is 17.0 Å². The van der Waals surface area contributed by atoms with Crippen LogP contribution in [0.4, 0.5) is 5.69 Å². The summed E-state index contributed by atoms with van der Waals surface area (Å²) in [6.45, 7) is 2.13. The van der Waals surface area contributed by atoms with Crippen LogP contribution in [0.25, 0.3) is 11.2 Å². The molecule has 2 aromatic heterocycles. The van der Waals surface area contributed by atoms with Gasteiger partial charge in [-0.05, 0) is 32.6 Å². The van der Waals surface area contributed by atoms with E-state index in [4.69, 9.17) is 11.6 Å². The Morgan fingerprint density at radius 1 is 1.48 bits per heavy atom. The maximum absolute atomic E-state index is 11.9. The number of aromatic nitrogens is 3. The number of nitrogens with one attached hydrogen (secondary N) is 2. The number of nitrogens with zero attached hydrogens (tertiary/aromatic N) is 3. The van der Waals surface area contributed by atoms with E-state index in [0.29, 0.717) is 11.2 Å². The fourth-order valence-corrected chi connectivity index (χ4v) is 4.17. The van der Waals surface area contributed by atoms with Crippen molar-refractivity contribution < 1.29 is 4.79 Å². The Morgan fingerprint density at radius 2 is 2.30 bits per heavy atom. The lowest BCUT2D eigenvalue weighted by molar-refractivity contribution is -0.124. The third-order valence-corrected chi connectivity index (χ3v) is 5.39. The second-order valence-corrected chi connectivity index (χ2v) is 6.97. The molecule has 122 valence electrons. The van der Waals surface area contributed by atoms with Crippen molar-refractivity contribution in [2.75, 3.05) is 12.4 Å². The van der Waals surface area contributed by atoms with Crippen molar-refractivity contribution in [1.29, 1.82) is 0 Å². The van der Waals surface area contributed by atoms with Gasteiger partial charge in [-0.15, -0.1) is 0 Å². The molecule has 1 aliphatic carbocycles. The van der Waals surface area contributed by atoms with Crippen LogP contribution in [-0.4, -0.2) is 33.5 Å². The van der Waals surface area contributed by atoms with Crippen molar-refractivity contribution in [3.8, 4) is 0 Å². The fraction of sp³-hybridized carbons (Fsp3) is 0.562. The van der Waals surface area contributed by atoms with Gasteiger partial charge in [-0.3, -0.25) is 4.79 Å². The lowest BCUT2D eigenvalue weighted by Crippen LogP contribution is -2.25. The van der Waals surface area contributed by atoms with E-state index in [1.807, 2.05) is 6.33 Å². The molecule has 3 atom stereocenters. The van der Waals surface area contributed by atoms with Gasteiger partial charge in [0.25, 0.3) is 0 Å². The summed E-state index contributed by atoms with van der Waals surface area (Å²) in [5, 5.41) is 6.77. The van der Waals surface area contributed by atoms with Crippen molar-refractivity contribution in [2.24, 2.45) is 5.92 Å². The molecular formula is C16H20ClN5O. The van der Waals surface area contributed by atoms with E-state index in [-0.39, 0.29) is 17.9 Å². The lowest BCUT2D eigenvalue weighted by atomic mass is 10.1. The summed E-state index contributed by atoms with van der Waals surface area (Å²) in [7, 11) is 1.69. The smallest absolute Gasteiger partial charge is 0.222 e. The topological polar surface area (TPSA) is 71.8 Å². The van der Waals surface area contributed by atoms with Gasteiger partial charge >= 0.3 is 0 Å². The largest absolute Gasteiger partial charge is 0.380 e. The molecule has 23 heavy (non-hydrogen) atoms. The molecule has 1 saturated carbocycles. The van der Waals surface area contributed by atoms with Gasteiger partial charge in [0.1, 0.15) is 10.7 Å². The highest BCUT2D eigenvalue weighted by atomic mass is 35.5. The van der Waals surface area contributed by atoms with Crippen LogP contribution < -0.4 is 10.6 Å². The number of imidazole rings is 1. The molecule has 1 fully saturated rings. The van der Waals surface area contributed by atoms with E-state index in [9.17, 15) is 4.79 Å². The second kappa shape index (κ2) is 5.37. The summed E-state index contributed by atoms with van der Waals surface area (Å²) in [6.07, 6.45) is 5.41. The molecule has 0 bridgehead atoms. The summed E-state index contributed by atoms with van der Waals surface area (Å²) >= 11 is 6.39. The zero-order valence-corrected chi connectivity index (χ0v) is 14.0. The first-order valence-electron chi connectivity index (χ1n) is 8.11. The van der Waals surface area contributed by atoms with Gasteiger partial charge in [-0.25, -0.2) is 9.97 Å². The summed E-state index contributed by atoms with van der Waals surface area (Å²) in [5.74, 6) is 0.199. The predicted octanol–water partition coefficient (Wildman–Crippen LogP) is 2.53. The Bertz CT molecular complexity index is 786. The normalized spacial score (nSPS) is 26.3. The first-order chi connectivity index (χ1) is 11.1. The number of fused-ring (bicyclic) bond motifs is 3. The standard InChI is InChI=1S/C16H20ClN5O/c1-8-5-11-12(20-8)13-15(21-14(11)17)22(7-19-13)10-4-3-9(6-10)16(23)18-2/h7-10,20H,3-6H2,1-2H3,(H,18,23)/t8?,9-,10?/m1/s1. The molecule has 2 N–H and O–H groups in total. The van der Waals surface area contributed by atoms with Crippen LogP contribution >= 0.6 is 11.6 Å². The first kappa shape index (κ1) is 14.8. The van der Waals surface area contributed by atoms with Crippen LogP contribution in [0.15, 0.2) is 6.33 Å². The van der Waals surface area contributed by atoms with Crippen molar-refractivity contribution >= 4 is 34.4 Å². The zero-order valence-electron chi connectivity index (χ0n) is 13.3. The van der Waals surface area contributed by atoms with Gasteiger partial charge in [0.05, 0.1) is 12.0 Å². The molecule has 2 aliphatic rings. The number of carbonyl (C=O) groups is 1. The number of hydrogen-bond acceptors (Lipinski definition) is 4. The minimum atomic E-state index is 0.0745. The highest BCUT2D eigenvalue weighted by Gasteiger charge is 2.32. The van der Waals surface area contributed by atoms with Crippen LogP contribution in [0.3, 0.4) is 0 Å². The van der Waals surface area contributed by atoms with E-state index < -0.39 is 0 Å². The molecular weight excluding hydrogens is 314 g/mol. The molecule has 4 rings (SSSR count). The van der Waals surface area contributed by atoms with E-state index in [1.54, 1.807) is 7.05 Å². The molecule has 0 radical (unpaired) electrons. The van der Waals surface area contributed by atoms with Gasteiger partial charge < -0.3 is 15.2 Å². The van der Waals surface area contributed by atoms with Crippen molar-refractivity contribution in [1.82, 2.24) is 19.9 Å². The van der Waals surface area contributed by atoms with Crippen LogP contribution in [0.2, 0.25) is 5.15 Å². The van der Waals surface area contributed by atoms with Gasteiger partial charge in [0, 0.05) is 30.6 Å². The Morgan fingerprint density at radius 3 is 3.09 bits per heavy atom. The molecule has 0 saturated heterocycles. The van der Waals surface area contributed by atoms with E-state index in [0.717, 1.165) is 48.1 Å². The monoisotopic (exact) mass is 333 g/mol. The lowest BCUT2D eigenvalue weighted by Gasteiger charge is -2.13.